The average Bonchev–Trinajstić information content (AvgIpc) is 2.91. The van der Waals surface area contributed by atoms with Gasteiger partial charge >= 0.3 is 0 Å². The summed E-state index contributed by atoms with van der Waals surface area (Å²) in [5, 5.41) is 7.18. The number of hydrogen-bond donors (Lipinski definition) is 2. The molecule has 0 saturated carbocycles. The number of allylic oxidation sites excluding steroid dienone is 2. The molecule has 2 N–H and O–H groups in total. The van der Waals surface area contributed by atoms with E-state index in [2.05, 4.69) is 71.0 Å². The van der Waals surface area contributed by atoms with E-state index in [0.717, 1.165) is 26.2 Å². The first-order chi connectivity index (χ1) is 17.8. The van der Waals surface area contributed by atoms with Gasteiger partial charge in [-0.1, -0.05) is 90.9 Å². The maximum absolute atomic E-state index is 3.59. The van der Waals surface area contributed by atoms with Crippen molar-refractivity contribution < 1.29 is 0 Å². The van der Waals surface area contributed by atoms with E-state index in [9.17, 15) is 0 Å². The lowest BCUT2D eigenvalue weighted by Crippen LogP contribution is -2.25. The summed E-state index contributed by atoms with van der Waals surface area (Å²) in [6.45, 7) is 11.3. The summed E-state index contributed by atoms with van der Waals surface area (Å²) in [4.78, 5) is 4.91. The highest BCUT2D eigenvalue weighted by atomic mass is 79.9. The number of hydrogen-bond acceptors (Lipinski definition) is 4. The molecule has 222 valence electrons. The van der Waals surface area contributed by atoms with Gasteiger partial charge in [0.25, 0.3) is 0 Å². The van der Waals surface area contributed by atoms with Crippen LogP contribution in [0.4, 0.5) is 0 Å². The molecule has 0 fully saturated rings. The first-order valence-corrected chi connectivity index (χ1v) is 15.5. The van der Waals surface area contributed by atoms with Crippen LogP contribution in [0.3, 0.4) is 0 Å². The predicted molar refractivity (Wildman–Crippen MR) is 179 cm³/mol. The highest BCUT2D eigenvalue weighted by Crippen LogP contribution is 2.12. The SMILES string of the molecule is Br.Br.CCCCCCCNC1=CCN(CCCCCCCCN2C=CC(NCCCCCCC)=CC2)C=C1. The van der Waals surface area contributed by atoms with Gasteiger partial charge in [-0.25, -0.2) is 0 Å². The first-order valence-electron chi connectivity index (χ1n) is 15.5. The Kier molecular flexibility index (Phi) is 25.7. The molecule has 4 nitrogen and oxygen atoms in total. The summed E-state index contributed by atoms with van der Waals surface area (Å²) >= 11 is 0. The Morgan fingerprint density at radius 2 is 0.895 bits per heavy atom. The monoisotopic (exact) mass is 658 g/mol. The fraction of sp³-hybridized carbons (Fsp3) is 0.750. The van der Waals surface area contributed by atoms with E-state index in [4.69, 9.17) is 0 Å². The Hall–Kier alpha value is -0.880. The van der Waals surface area contributed by atoms with Crippen LogP contribution in [0.1, 0.15) is 117 Å². The molecule has 2 aliphatic rings. The van der Waals surface area contributed by atoms with Crippen LogP contribution in [0.2, 0.25) is 0 Å². The standard InChI is InChI=1S/C32H58N4.2BrH/c1-3-5-7-11-15-23-33-31-19-27-35(28-20-31)25-17-13-9-10-14-18-26-36-29-21-32(22-30-36)34-24-16-12-8-6-4-2;;/h19-22,27,29,33-34H,3-18,23-26,28,30H2,1-2H3;2*1H. The maximum atomic E-state index is 3.59. The number of nitrogens with zero attached hydrogens (tertiary/aromatic N) is 2. The summed E-state index contributed by atoms with van der Waals surface area (Å²) in [5.41, 5.74) is 2.62. The van der Waals surface area contributed by atoms with Gasteiger partial charge in [0, 0.05) is 63.1 Å². The van der Waals surface area contributed by atoms with Crippen LogP contribution in [-0.4, -0.2) is 49.1 Å². The van der Waals surface area contributed by atoms with E-state index in [1.807, 2.05) is 0 Å². The molecule has 0 unspecified atom stereocenters. The molecule has 0 aromatic carbocycles. The number of rotatable bonds is 23. The van der Waals surface area contributed by atoms with E-state index in [-0.39, 0.29) is 34.0 Å². The second kappa shape index (κ2) is 26.3. The minimum absolute atomic E-state index is 0. The van der Waals surface area contributed by atoms with Crippen LogP contribution in [0.15, 0.2) is 48.1 Å². The van der Waals surface area contributed by atoms with Gasteiger partial charge in [-0.15, -0.1) is 34.0 Å². The van der Waals surface area contributed by atoms with Gasteiger partial charge in [-0.3, -0.25) is 0 Å². The van der Waals surface area contributed by atoms with Crippen LogP contribution in [-0.2, 0) is 0 Å². The van der Waals surface area contributed by atoms with Crippen molar-refractivity contribution in [3.63, 3.8) is 0 Å². The van der Waals surface area contributed by atoms with E-state index in [1.165, 1.54) is 127 Å². The molecule has 0 atom stereocenters. The van der Waals surface area contributed by atoms with Gasteiger partial charge in [-0.2, -0.15) is 0 Å². The van der Waals surface area contributed by atoms with Gasteiger partial charge in [0.05, 0.1) is 0 Å². The highest BCUT2D eigenvalue weighted by Gasteiger charge is 2.06. The molecule has 6 heteroatoms. The quantitative estimate of drug-likeness (QED) is 0.107. The molecular weight excluding hydrogens is 600 g/mol. The van der Waals surface area contributed by atoms with E-state index < -0.39 is 0 Å². The van der Waals surface area contributed by atoms with Crippen molar-refractivity contribution in [2.24, 2.45) is 0 Å². The molecular formula is C32H60Br2N4. The van der Waals surface area contributed by atoms with Crippen LogP contribution in [0, 0.1) is 0 Å². The van der Waals surface area contributed by atoms with Gasteiger partial charge in [-0.05, 0) is 50.0 Å². The summed E-state index contributed by atoms with van der Waals surface area (Å²) in [6, 6.07) is 0. The average molecular weight is 661 g/mol. The smallest absolute Gasteiger partial charge is 0.0376 e. The van der Waals surface area contributed by atoms with Gasteiger partial charge in [0.15, 0.2) is 0 Å². The normalized spacial score (nSPS) is 14.5. The molecule has 0 spiro atoms. The third-order valence-electron chi connectivity index (χ3n) is 7.38. The Morgan fingerprint density at radius 1 is 0.526 bits per heavy atom. The number of halogens is 2. The molecule has 2 aliphatic heterocycles. The maximum Gasteiger partial charge on any atom is 0.0376 e. The van der Waals surface area contributed by atoms with Gasteiger partial charge in [0.1, 0.15) is 0 Å². The lowest BCUT2D eigenvalue weighted by Gasteiger charge is -2.23. The number of unbranched alkanes of at least 4 members (excludes halogenated alkanes) is 13. The van der Waals surface area contributed by atoms with Crippen molar-refractivity contribution in [3.05, 3.63) is 48.1 Å². The fourth-order valence-corrected chi connectivity index (χ4v) is 4.91. The van der Waals surface area contributed by atoms with Gasteiger partial charge < -0.3 is 20.4 Å². The molecule has 0 bridgehead atoms. The topological polar surface area (TPSA) is 30.5 Å². The fourth-order valence-electron chi connectivity index (χ4n) is 4.91. The lowest BCUT2D eigenvalue weighted by molar-refractivity contribution is 0.379. The Morgan fingerprint density at radius 3 is 1.26 bits per heavy atom. The second-order valence-corrected chi connectivity index (χ2v) is 10.7. The predicted octanol–water partition coefficient (Wildman–Crippen LogP) is 9.03. The number of nitrogens with one attached hydrogen (secondary N) is 2. The third kappa shape index (κ3) is 19.2. The van der Waals surface area contributed by atoms with Crippen molar-refractivity contribution in [2.45, 2.75) is 117 Å². The zero-order chi connectivity index (χ0) is 25.5. The molecule has 2 heterocycles. The van der Waals surface area contributed by atoms with Crippen LogP contribution in [0.5, 0.6) is 0 Å². The summed E-state index contributed by atoms with van der Waals surface area (Å²) in [6.07, 6.45) is 35.3. The van der Waals surface area contributed by atoms with Gasteiger partial charge in [0.2, 0.25) is 0 Å². The van der Waals surface area contributed by atoms with Crippen LogP contribution in [0.25, 0.3) is 0 Å². The van der Waals surface area contributed by atoms with E-state index >= 15 is 0 Å². The van der Waals surface area contributed by atoms with Crippen molar-refractivity contribution >= 4 is 34.0 Å². The third-order valence-corrected chi connectivity index (χ3v) is 7.38. The molecule has 0 aliphatic carbocycles. The van der Waals surface area contributed by atoms with Crippen LogP contribution >= 0.6 is 34.0 Å². The zero-order valence-electron chi connectivity index (χ0n) is 24.7. The Bertz CT molecular complexity index is 604. The van der Waals surface area contributed by atoms with Crippen molar-refractivity contribution in [1.29, 1.82) is 0 Å². The molecule has 38 heavy (non-hydrogen) atoms. The second-order valence-electron chi connectivity index (χ2n) is 10.7. The molecule has 0 saturated heterocycles. The summed E-state index contributed by atoms with van der Waals surface area (Å²) < 4.78 is 0. The zero-order valence-corrected chi connectivity index (χ0v) is 28.2. The van der Waals surface area contributed by atoms with Crippen LogP contribution < -0.4 is 10.6 Å². The van der Waals surface area contributed by atoms with Crippen molar-refractivity contribution in [3.8, 4) is 0 Å². The Balaban J connectivity index is 0.00000684. The summed E-state index contributed by atoms with van der Waals surface area (Å²) in [5.74, 6) is 0. The largest absolute Gasteiger partial charge is 0.385 e. The molecule has 0 aromatic heterocycles. The highest BCUT2D eigenvalue weighted by molar-refractivity contribution is 8.93. The molecule has 0 radical (unpaired) electrons. The molecule has 2 rings (SSSR count). The van der Waals surface area contributed by atoms with Crippen molar-refractivity contribution in [1.82, 2.24) is 20.4 Å². The van der Waals surface area contributed by atoms with E-state index in [1.54, 1.807) is 0 Å². The minimum Gasteiger partial charge on any atom is -0.385 e. The summed E-state index contributed by atoms with van der Waals surface area (Å²) in [7, 11) is 0. The molecule has 0 amide bonds. The van der Waals surface area contributed by atoms with Crippen molar-refractivity contribution in [2.75, 3.05) is 39.3 Å². The first kappa shape index (κ1) is 37.1. The minimum atomic E-state index is 0. The molecule has 0 aromatic rings. The van der Waals surface area contributed by atoms with E-state index in [0.29, 0.717) is 0 Å². The Labute approximate surface area is 257 Å². The lowest BCUT2D eigenvalue weighted by atomic mass is 10.1.